The van der Waals surface area contributed by atoms with Gasteiger partial charge in [0.05, 0.1) is 5.02 Å². The standard InChI is InChI=1S/C9H9Cl2NO4S/c1-4-8(17(11,15)16)6(10)7(9(13)14)12(4)5-2-3-5/h5H,2-3H2,1H3,(H,13,14). The number of halogens is 2. The monoisotopic (exact) mass is 297 g/mol. The van der Waals surface area contributed by atoms with E-state index in [9.17, 15) is 13.2 Å². The van der Waals surface area contributed by atoms with E-state index in [0.717, 1.165) is 12.8 Å². The van der Waals surface area contributed by atoms with E-state index in [1.807, 2.05) is 0 Å². The maximum Gasteiger partial charge on any atom is 0.354 e. The lowest BCUT2D eigenvalue weighted by atomic mass is 10.4. The summed E-state index contributed by atoms with van der Waals surface area (Å²) in [5.74, 6) is -1.25. The van der Waals surface area contributed by atoms with E-state index in [0.29, 0.717) is 0 Å². The summed E-state index contributed by atoms with van der Waals surface area (Å²) in [6.07, 6.45) is 1.63. The third kappa shape index (κ3) is 2.05. The number of carboxylic acid groups (broad SMARTS) is 1. The smallest absolute Gasteiger partial charge is 0.354 e. The minimum absolute atomic E-state index is 0.00534. The van der Waals surface area contributed by atoms with Crippen molar-refractivity contribution in [1.29, 1.82) is 0 Å². The number of carbonyl (C=O) groups is 1. The summed E-state index contributed by atoms with van der Waals surface area (Å²) in [5.41, 5.74) is 0.0794. The molecular formula is C9H9Cl2NO4S. The van der Waals surface area contributed by atoms with Crippen LogP contribution in [0.15, 0.2) is 4.90 Å². The Bertz CT molecular complexity index is 601. The SMILES string of the molecule is Cc1c(S(=O)(=O)Cl)c(Cl)c(C(=O)O)n1C1CC1. The molecule has 0 aliphatic heterocycles. The van der Waals surface area contributed by atoms with Crippen LogP contribution in [0.4, 0.5) is 0 Å². The van der Waals surface area contributed by atoms with Crippen molar-refractivity contribution >= 4 is 37.3 Å². The van der Waals surface area contributed by atoms with Crippen molar-refractivity contribution in [2.24, 2.45) is 0 Å². The Hall–Kier alpha value is -0.720. The first kappa shape index (κ1) is 12.7. The van der Waals surface area contributed by atoms with E-state index in [2.05, 4.69) is 0 Å². The summed E-state index contributed by atoms with van der Waals surface area (Å²) in [6.45, 7) is 1.51. The number of hydrogen-bond donors (Lipinski definition) is 1. The Balaban J connectivity index is 2.80. The molecule has 0 atom stereocenters. The van der Waals surface area contributed by atoms with Crippen molar-refractivity contribution in [1.82, 2.24) is 4.57 Å². The number of aromatic nitrogens is 1. The fourth-order valence-electron chi connectivity index (χ4n) is 1.92. The molecular weight excluding hydrogens is 289 g/mol. The maximum atomic E-state index is 11.4. The van der Waals surface area contributed by atoms with Gasteiger partial charge in [-0.1, -0.05) is 11.6 Å². The third-order valence-electron chi connectivity index (χ3n) is 2.70. The van der Waals surface area contributed by atoms with E-state index in [1.54, 1.807) is 0 Å². The van der Waals surface area contributed by atoms with Gasteiger partial charge in [0.25, 0.3) is 9.05 Å². The largest absolute Gasteiger partial charge is 0.477 e. The highest BCUT2D eigenvalue weighted by Crippen LogP contribution is 2.43. The Morgan fingerprint density at radius 1 is 1.47 bits per heavy atom. The third-order valence-corrected chi connectivity index (χ3v) is 4.63. The van der Waals surface area contributed by atoms with Gasteiger partial charge in [-0.15, -0.1) is 0 Å². The molecule has 1 fully saturated rings. The molecule has 0 unspecified atom stereocenters. The number of nitrogens with zero attached hydrogens (tertiary/aromatic N) is 1. The number of aromatic carboxylic acids is 1. The molecule has 0 bridgehead atoms. The van der Waals surface area contributed by atoms with Gasteiger partial charge in [0.2, 0.25) is 0 Å². The summed E-state index contributed by atoms with van der Waals surface area (Å²) in [7, 11) is 1.22. The highest BCUT2D eigenvalue weighted by Gasteiger charge is 2.36. The summed E-state index contributed by atoms with van der Waals surface area (Å²) in [5, 5.41) is 8.78. The molecule has 0 radical (unpaired) electrons. The zero-order valence-electron chi connectivity index (χ0n) is 8.77. The van der Waals surface area contributed by atoms with Crippen LogP contribution in [0.1, 0.15) is 35.1 Å². The predicted octanol–water partition coefficient (Wildman–Crippen LogP) is 2.41. The molecule has 94 valence electrons. The average Bonchev–Trinajstić information content (AvgIpc) is 2.90. The fourth-order valence-corrected chi connectivity index (χ4v) is 3.98. The first-order valence-electron chi connectivity index (χ1n) is 4.83. The molecule has 1 aliphatic carbocycles. The van der Waals surface area contributed by atoms with Crippen molar-refractivity contribution in [3.05, 3.63) is 16.4 Å². The number of carboxylic acids is 1. The highest BCUT2D eigenvalue weighted by molar-refractivity contribution is 8.13. The Morgan fingerprint density at radius 3 is 2.35 bits per heavy atom. The lowest BCUT2D eigenvalue weighted by molar-refractivity contribution is 0.0684. The van der Waals surface area contributed by atoms with Gasteiger partial charge in [-0.25, -0.2) is 13.2 Å². The van der Waals surface area contributed by atoms with Gasteiger partial charge < -0.3 is 9.67 Å². The van der Waals surface area contributed by atoms with Gasteiger partial charge in [-0.2, -0.15) is 0 Å². The normalized spacial score (nSPS) is 16.2. The minimum Gasteiger partial charge on any atom is -0.477 e. The average molecular weight is 298 g/mol. The molecule has 2 rings (SSSR count). The minimum atomic E-state index is -4.05. The van der Waals surface area contributed by atoms with Gasteiger partial charge in [-0.3, -0.25) is 0 Å². The van der Waals surface area contributed by atoms with Crippen LogP contribution in [0.25, 0.3) is 0 Å². The molecule has 1 aromatic heterocycles. The molecule has 0 saturated heterocycles. The zero-order valence-corrected chi connectivity index (χ0v) is 11.1. The molecule has 5 nitrogen and oxygen atoms in total. The van der Waals surface area contributed by atoms with Crippen LogP contribution in [0.3, 0.4) is 0 Å². The van der Waals surface area contributed by atoms with Crippen LogP contribution in [0.2, 0.25) is 5.02 Å². The molecule has 0 spiro atoms. The second-order valence-corrected chi connectivity index (χ2v) is 6.80. The predicted molar refractivity (Wildman–Crippen MR) is 62.4 cm³/mol. The van der Waals surface area contributed by atoms with E-state index < -0.39 is 15.0 Å². The van der Waals surface area contributed by atoms with Gasteiger partial charge in [-0.05, 0) is 19.8 Å². The Morgan fingerprint density at radius 2 is 2.00 bits per heavy atom. The van der Waals surface area contributed by atoms with E-state index in [-0.39, 0.29) is 27.3 Å². The summed E-state index contributed by atoms with van der Waals surface area (Å²) in [4.78, 5) is 10.8. The quantitative estimate of drug-likeness (QED) is 0.869. The summed E-state index contributed by atoms with van der Waals surface area (Å²) >= 11 is 5.82. The van der Waals surface area contributed by atoms with Crippen molar-refractivity contribution in [2.75, 3.05) is 0 Å². The molecule has 1 aliphatic rings. The van der Waals surface area contributed by atoms with Crippen LogP contribution in [-0.2, 0) is 9.05 Å². The van der Waals surface area contributed by atoms with Gasteiger partial charge in [0.15, 0.2) is 0 Å². The molecule has 8 heteroatoms. The molecule has 17 heavy (non-hydrogen) atoms. The maximum absolute atomic E-state index is 11.4. The van der Waals surface area contributed by atoms with E-state index in [1.165, 1.54) is 11.5 Å². The first-order chi connectivity index (χ1) is 7.75. The molecule has 1 N–H and O–H groups in total. The second kappa shape index (κ2) is 3.90. The van der Waals surface area contributed by atoms with Crippen LogP contribution >= 0.6 is 22.3 Å². The van der Waals surface area contributed by atoms with Crippen LogP contribution in [0.5, 0.6) is 0 Å². The summed E-state index contributed by atoms with van der Waals surface area (Å²) < 4.78 is 24.2. The van der Waals surface area contributed by atoms with Crippen molar-refractivity contribution in [2.45, 2.75) is 30.7 Å². The highest BCUT2D eigenvalue weighted by atomic mass is 35.7. The molecule has 1 aromatic rings. The van der Waals surface area contributed by atoms with E-state index in [4.69, 9.17) is 27.4 Å². The molecule has 1 heterocycles. The number of hydrogen-bond acceptors (Lipinski definition) is 3. The topological polar surface area (TPSA) is 76.4 Å². The lowest BCUT2D eigenvalue weighted by Gasteiger charge is -2.06. The second-order valence-electron chi connectivity index (χ2n) is 3.92. The lowest BCUT2D eigenvalue weighted by Crippen LogP contribution is -2.08. The van der Waals surface area contributed by atoms with Gasteiger partial charge in [0, 0.05) is 22.4 Å². The Labute approximate surface area is 107 Å². The molecule has 1 saturated carbocycles. The van der Waals surface area contributed by atoms with Gasteiger partial charge >= 0.3 is 5.97 Å². The Kier molecular flexibility index (Phi) is 2.92. The zero-order chi connectivity index (χ0) is 13.0. The van der Waals surface area contributed by atoms with Crippen molar-refractivity contribution in [3.8, 4) is 0 Å². The fraction of sp³-hybridized carbons (Fsp3) is 0.444. The first-order valence-corrected chi connectivity index (χ1v) is 7.52. The number of rotatable bonds is 3. The van der Waals surface area contributed by atoms with Crippen molar-refractivity contribution in [3.63, 3.8) is 0 Å². The van der Waals surface area contributed by atoms with E-state index >= 15 is 0 Å². The van der Waals surface area contributed by atoms with Crippen molar-refractivity contribution < 1.29 is 18.3 Å². The summed E-state index contributed by atoms with van der Waals surface area (Å²) in [6, 6.07) is 0.00534. The van der Waals surface area contributed by atoms with Gasteiger partial charge in [0.1, 0.15) is 10.6 Å². The van der Waals surface area contributed by atoms with Crippen LogP contribution < -0.4 is 0 Å². The van der Waals surface area contributed by atoms with Crippen LogP contribution in [0, 0.1) is 6.92 Å². The molecule has 0 amide bonds. The van der Waals surface area contributed by atoms with Crippen LogP contribution in [-0.4, -0.2) is 24.1 Å². The molecule has 0 aromatic carbocycles.